The molecule has 1 aliphatic carbocycles. The van der Waals surface area contributed by atoms with E-state index in [1.54, 1.807) is 0 Å². The van der Waals surface area contributed by atoms with Crippen LogP contribution in [0.5, 0.6) is 0 Å². The van der Waals surface area contributed by atoms with Gasteiger partial charge < -0.3 is 0 Å². The van der Waals surface area contributed by atoms with Crippen LogP contribution in [0, 0.1) is 5.92 Å². The molecular weight excluding hydrogens is 252 g/mol. The van der Waals surface area contributed by atoms with Crippen molar-refractivity contribution in [2.45, 2.75) is 38.0 Å². The molecule has 0 saturated heterocycles. The Balaban J connectivity index is 1.83. The summed E-state index contributed by atoms with van der Waals surface area (Å²) in [4.78, 5) is 0. The Morgan fingerprint density at radius 3 is 2.05 bits per heavy atom. The first-order valence-electron chi connectivity index (χ1n) is 8.22. The topological polar surface area (TPSA) is 0 Å². The third kappa shape index (κ3) is 3.85. The normalized spacial score (nSPS) is 17.9. The minimum absolute atomic E-state index is 0.562. The highest BCUT2D eigenvalue weighted by Gasteiger charge is 2.22. The summed E-state index contributed by atoms with van der Waals surface area (Å²) in [6.07, 6.45) is 11.7. The van der Waals surface area contributed by atoms with Gasteiger partial charge in [0, 0.05) is 5.92 Å². The molecule has 0 amide bonds. The summed E-state index contributed by atoms with van der Waals surface area (Å²) in [6, 6.07) is 21.7. The van der Waals surface area contributed by atoms with Gasteiger partial charge in [0.25, 0.3) is 0 Å². The van der Waals surface area contributed by atoms with Crippen LogP contribution in [-0.4, -0.2) is 0 Å². The molecule has 108 valence electrons. The Morgan fingerprint density at radius 2 is 1.38 bits per heavy atom. The van der Waals surface area contributed by atoms with Gasteiger partial charge in [0.05, 0.1) is 0 Å². The third-order valence-electron chi connectivity index (χ3n) is 4.64. The van der Waals surface area contributed by atoms with Crippen LogP contribution in [0.3, 0.4) is 0 Å². The summed E-state index contributed by atoms with van der Waals surface area (Å²) < 4.78 is 0. The maximum Gasteiger partial charge on any atom is 0.00495 e. The van der Waals surface area contributed by atoms with E-state index in [9.17, 15) is 0 Å². The number of hydrogen-bond donors (Lipinski definition) is 0. The first-order valence-corrected chi connectivity index (χ1v) is 8.22. The largest absolute Gasteiger partial charge is 0.0761 e. The van der Waals surface area contributed by atoms with Gasteiger partial charge >= 0.3 is 0 Å². The summed E-state index contributed by atoms with van der Waals surface area (Å²) in [5.41, 5.74) is 2.77. The van der Waals surface area contributed by atoms with E-state index in [1.165, 1.54) is 43.2 Å². The Morgan fingerprint density at radius 1 is 0.762 bits per heavy atom. The molecule has 1 saturated carbocycles. The van der Waals surface area contributed by atoms with E-state index in [0.29, 0.717) is 5.92 Å². The first kappa shape index (κ1) is 14.1. The highest BCUT2D eigenvalue weighted by molar-refractivity contribution is 5.50. The molecule has 0 radical (unpaired) electrons. The minimum atomic E-state index is 0.562. The van der Waals surface area contributed by atoms with Gasteiger partial charge in [-0.1, -0.05) is 92.1 Å². The predicted octanol–water partition coefficient (Wildman–Crippen LogP) is 6.06. The highest BCUT2D eigenvalue weighted by Crippen LogP contribution is 2.37. The summed E-state index contributed by atoms with van der Waals surface area (Å²) in [6.45, 7) is 0. The van der Waals surface area contributed by atoms with E-state index in [2.05, 4.69) is 72.8 Å². The van der Waals surface area contributed by atoms with Crippen molar-refractivity contribution < 1.29 is 0 Å². The van der Waals surface area contributed by atoms with Crippen LogP contribution in [-0.2, 0) is 0 Å². The van der Waals surface area contributed by atoms with Crippen LogP contribution >= 0.6 is 0 Å². The molecule has 1 fully saturated rings. The van der Waals surface area contributed by atoms with Crippen LogP contribution in [0.1, 0.15) is 49.1 Å². The van der Waals surface area contributed by atoms with Gasteiger partial charge in [-0.05, 0) is 29.9 Å². The zero-order valence-electron chi connectivity index (χ0n) is 12.6. The second-order valence-electron chi connectivity index (χ2n) is 6.10. The van der Waals surface area contributed by atoms with E-state index >= 15 is 0 Å². The molecule has 1 atom stereocenters. The fourth-order valence-electron chi connectivity index (χ4n) is 3.49. The Labute approximate surface area is 128 Å². The Bertz CT molecular complexity index is 547. The van der Waals surface area contributed by atoms with Crippen LogP contribution in [0.25, 0.3) is 6.08 Å². The highest BCUT2D eigenvalue weighted by atomic mass is 14.3. The van der Waals surface area contributed by atoms with Crippen molar-refractivity contribution in [3.63, 3.8) is 0 Å². The average molecular weight is 276 g/mol. The van der Waals surface area contributed by atoms with Gasteiger partial charge in [-0.25, -0.2) is 0 Å². The van der Waals surface area contributed by atoms with Gasteiger partial charge in [0.1, 0.15) is 0 Å². The zero-order valence-corrected chi connectivity index (χ0v) is 12.6. The predicted molar refractivity (Wildman–Crippen MR) is 91.2 cm³/mol. The molecule has 0 heteroatoms. The van der Waals surface area contributed by atoms with Crippen molar-refractivity contribution in [1.29, 1.82) is 0 Å². The summed E-state index contributed by atoms with van der Waals surface area (Å²) in [5.74, 6) is 1.37. The fourth-order valence-corrected chi connectivity index (χ4v) is 3.49. The SMILES string of the molecule is C(=C\C(c1ccccc1)C1CCCCC1)/c1ccccc1. The molecule has 0 aromatic heterocycles. The van der Waals surface area contributed by atoms with Gasteiger partial charge in [0.2, 0.25) is 0 Å². The number of hydrogen-bond acceptors (Lipinski definition) is 0. The van der Waals surface area contributed by atoms with Gasteiger partial charge in [-0.3, -0.25) is 0 Å². The molecule has 3 rings (SSSR count). The Kier molecular flexibility index (Phi) is 4.89. The molecule has 21 heavy (non-hydrogen) atoms. The fraction of sp³-hybridized carbons (Fsp3) is 0.333. The quantitative estimate of drug-likeness (QED) is 0.636. The molecule has 0 bridgehead atoms. The summed E-state index contributed by atoms with van der Waals surface area (Å²) >= 11 is 0. The molecule has 1 aliphatic rings. The lowest BCUT2D eigenvalue weighted by Gasteiger charge is -2.28. The first-order chi connectivity index (χ1) is 10.4. The molecule has 0 spiro atoms. The smallest absolute Gasteiger partial charge is 0.00495 e. The molecule has 0 N–H and O–H groups in total. The van der Waals surface area contributed by atoms with E-state index in [0.717, 1.165) is 5.92 Å². The number of rotatable bonds is 4. The second-order valence-corrected chi connectivity index (χ2v) is 6.10. The van der Waals surface area contributed by atoms with Crippen molar-refractivity contribution >= 4 is 6.08 Å². The lowest BCUT2D eigenvalue weighted by molar-refractivity contribution is 0.332. The van der Waals surface area contributed by atoms with Gasteiger partial charge in [-0.15, -0.1) is 0 Å². The molecule has 2 aromatic rings. The third-order valence-corrected chi connectivity index (χ3v) is 4.64. The maximum absolute atomic E-state index is 2.43. The zero-order chi connectivity index (χ0) is 14.3. The molecular formula is C21H24. The second kappa shape index (κ2) is 7.26. The maximum atomic E-state index is 2.43. The molecule has 0 heterocycles. The van der Waals surface area contributed by atoms with Crippen molar-refractivity contribution in [3.8, 4) is 0 Å². The van der Waals surface area contributed by atoms with E-state index in [1.807, 2.05) is 0 Å². The number of allylic oxidation sites excluding steroid dienone is 1. The van der Waals surface area contributed by atoms with Crippen molar-refractivity contribution in [1.82, 2.24) is 0 Å². The van der Waals surface area contributed by atoms with Crippen molar-refractivity contribution in [2.24, 2.45) is 5.92 Å². The Hall–Kier alpha value is -1.82. The molecule has 0 aliphatic heterocycles. The van der Waals surface area contributed by atoms with E-state index in [-0.39, 0.29) is 0 Å². The van der Waals surface area contributed by atoms with Crippen molar-refractivity contribution in [2.75, 3.05) is 0 Å². The lowest BCUT2D eigenvalue weighted by atomic mass is 9.76. The van der Waals surface area contributed by atoms with Gasteiger partial charge in [-0.2, -0.15) is 0 Å². The minimum Gasteiger partial charge on any atom is -0.0761 e. The standard InChI is InChI=1S/C21H24/c1-4-10-18(11-5-1)16-17-21(19-12-6-2-7-13-19)20-14-8-3-9-15-20/h1-2,4-7,10-13,16-17,20-21H,3,8-9,14-15H2/b17-16+. The number of benzene rings is 2. The van der Waals surface area contributed by atoms with Crippen LogP contribution < -0.4 is 0 Å². The average Bonchev–Trinajstić information content (AvgIpc) is 2.58. The van der Waals surface area contributed by atoms with E-state index < -0.39 is 0 Å². The molecule has 2 aromatic carbocycles. The van der Waals surface area contributed by atoms with Crippen LogP contribution in [0.2, 0.25) is 0 Å². The summed E-state index contributed by atoms with van der Waals surface area (Å²) in [7, 11) is 0. The summed E-state index contributed by atoms with van der Waals surface area (Å²) in [5, 5.41) is 0. The van der Waals surface area contributed by atoms with Crippen LogP contribution in [0.15, 0.2) is 66.7 Å². The van der Waals surface area contributed by atoms with Gasteiger partial charge in [0.15, 0.2) is 0 Å². The molecule has 0 nitrogen and oxygen atoms in total. The van der Waals surface area contributed by atoms with Crippen molar-refractivity contribution in [3.05, 3.63) is 77.9 Å². The lowest BCUT2D eigenvalue weighted by Crippen LogP contribution is -2.14. The molecule has 1 unspecified atom stereocenters. The van der Waals surface area contributed by atoms with E-state index in [4.69, 9.17) is 0 Å². The monoisotopic (exact) mass is 276 g/mol. The van der Waals surface area contributed by atoms with Crippen LogP contribution in [0.4, 0.5) is 0 Å².